The summed E-state index contributed by atoms with van der Waals surface area (Å²) in [6.07, 6.45) is 0.480. The van der Waals surface area contributed by atoms with Gasteiger partial charge in [-0.1, -0.05) is 36.9 Å². The van der Waals surface area contributed by atoms with E-state index >= 15 is 0 Å². The van der Waals surface area contributed by atoms with Crippen molar-refractivity contribution in [2.24, 2.45) is 0 Å². The molecular weight excluding hydrogens is 392 g/mol. The lowest BCUT2D eigenvalue weighted by Gasteiger charge is -2.42. The second kappa shape index (κ2) is 6.60. The summed E-state index contributed by atoms with van der Waals surface area (Å²) in [6, 6.07) is 12.6. The number of allylic oxidation sites excluding steroid dienone is 2. The molecule has 3 aliphatic rings. The van der Waals surface area contributed by atoms with Gasteiger partial charge in [-0.2, -0.15) is 0 Å². The van der Waals surface area contributed by atoms with Crippen molar-refractivity contribution in [3.8, 4) is 11.5 Å². The number of aromatic hydroxyl groups is 1. The Bertz CT molecular complexity index is 1250. The Labute approximate surface area is 180 Å². The number of benzene rings is 2. The molecule has 0 saturated carbocycles. The van der Waals surface area contributed by atoms with Crippen molar-refractivity contribution in [1.29, 1.82) is 0 Å². The van der Waals surface area contributed by atoms with E-state index in [1.54, 1.807) is 19.2 Å². The molecule has 2 aromatic carbocycles. The van der Waals surface area contributed by atoms with Gasteiger partial charge in [-0.25, -0.2) is 0 Å². The fourth-order valence-corrected chi connectivity index (χ4v) is 4.87. The molecule has 1 N–H and O–H groups in total. The Morgan fingerprint density at radius 1 is 1.03 bits per heavy atom. The molecule has 5 rings (SSSR count). The monoisotopic (exact) mass is 414 g/mol. The van der Waals surface area contributed by atoms with Crippen LogP contribution < -0.4 is 4.74 Å². The average Bonchev–Trinajstić information content (AvgIpc) is 3.07. The molecule has 2 aromatic rings. The molecule has 31 heavy (non-hydrogen) atoms. The van der Waals surface area contributed by atoms with Gasteiger partial charge < -0.3 is 14.7 Å². The Balaban J connectivity index is 1.80. The van der Waals surface area contributed by atoms with Crippen molar-refractivity contribution < 1.29 is 19.4 Å². The number of ketones is 1. The van der Waals surface area contributed by atoms with Crippen LogP contribution in [0.25, 0.3) is 5.57 Å². The highest BCUT2D eigenvalue weighted by Crippen LogP contribution is 2.53. The zero-order valence-corrected chi connectivity index (χ0v) is 17.6. The van der Waals surface area contributed by atoms with Gasteiger partial charge in [0.2, 0.25) is 0 Å². The Kier molecular flexibility index (Phi) is 4.09. The third kappa shape index (κ3) is 2.51. The van der Waals surface area contributed by atoms with Gasteiger partial charge in [0.15, 0.2) is 17.3 Å². The number of likely N-dealkylation sites (N-methyl/N-ethyl adjacent to an activating group) is 1. The van der Waals surface area contributed by atoms with E-state index in [2.05, 4.69) is 6.58 Å². The minimum atomic E-state index is -0.571. The molecule has 1 unspecified atom stereocenters. The van der Waals surface area contributed by atoms with Crippen LogP contribution in [0.15, 0.2) is 71.7 Å². The zero-order chi connectivity index (χ0) is 22.0. The summed E-state index contributed by atoms with van der Waals surface area (Å²) in [6.45, 7) is 4.06. The molecular formula is C25H22N2O4. The van der Waals surface area contributed by atoms with Crippen LogP contribution in [-0.4, -0.2) is 47.8 Å². The first-order chi connectivity index (χ1) is 14.8. The lowest BCUT2D eigenvalue weighted by Crippen LogP contribution is -2.44. The van der Waals surface area contributed by atoms with E-state index < -0.39 is 5.92 Å². The van der Waals surface area contributed by atoms with E-state index in [0.717, 1.165) is 22.4 Å². The van der Waals surface area contributed by atoms with E-state index in [9.17, 15) is 14.7 Å². The number of methoxy groups -OCH3 is 1. The lowest BCUT2D eigenvalue weighted by molar-refractivity contribution is -0.126. The third-order valence-electron chi connectivity index (χ3n) is 6.55. The van der Waals surface area contributed by atoms with E-state index in [4.69, 9.17) is 4.74 Å². The molecule has 1 atom stereocenters. The second-order valence-corrected chi connectivity index (χ2v) is 8.01. The summed E-state index contributed by atoms with van der Waals surface area (Å²) < 4.78 is 5.31. The summed E-state index contributed by atoms with van der Waals surface area (Å²) >= 11 is 0. The maximum absolute atomic E-state index is 13.5. The third-order valence-corrected chi connectivity index (χ3v) is 6.55. The number of amides is 1. The molecule has 0 bridgehead atoms. The fraction of sp³-hybridized carbons (Fsp3) is 0.200. The largest absolute Gasteiger partial charge is 0.504 e. The molecule has 0 aromatic heterocycles. The number of Topliss-reactive ketones (excluding diaryl/α,β-unsaturated/α-hetero) is 1. The Morgan fingerprint density at radius 2 is 1.74 bits per heavy atom. The molecule has 2 aliphatic carbocycles. The van der Waals surface area contributed by atoms with Crippen LogP contribution in [0, 0.1) is 0 Å². The number of phenols is 1. The predicted molar refractivity (Wildman–Crippen MR) is 116 cm³/mol. The average molecular weight is 414 g/mol. The van der Waals surface area contributed by atoms with Gasteiger partial charge in [0.25, 0.3) is 5.91 Å². The van der Waals surface area contributed by atoms with Gasteiger partial charge in [-0.3, -0.25) is 14.5 Å². The summed E-state index contributed by atoms with van der Waals surface area (Å²) in [5.74, 6) is 0.0852. The van der Waals surface area contributed by atoms with Crippen molar-refractivity contribution in [3.63, 3.8) is 0 Å². The lowest BCUT2D eigenvalue weighted by atomic mass is 9.74. The quantitative estimate of drug-likeness (QED) is 0.812. The van der Waals surface area contributed by atoms with Crippen LogP contribution in [0.4, 0.5) is 0 Å². The number of nitrogens with zero attached hydrogens (tertiary/aromatic N) is 2. The van der Waals surface area contributed by atoms with Crippen LogP contribution in [0.5, 0.6) is 11.5 Å². The van der Waals surface area contributed by atoms with Crippen LogP contribution in [0.1, 0.15) is 33.8 Å². The van der Waals surface area contributed by atoms with Crippen molar-refractivity contribution >= 4 is 17.3 Å². The molecule has 0 spiro atoms. The highest BCUT2D eigenvalue weighted by molar-refractivity contribution is 6.23. The predicted octanol–water partition coefficient (Wildman–Crippen LogP) is 3.67. The second-order valence-electron chi connectivity index (χ2n) is 8.01. The maximum Gasteiger partial charge on any atom is 0.257 e. The molecule has 1 heterocycles. The van der Waals surface area contributed by atoms with E-state index in [-0.39, 0.29) is 17.4 Å². The molecule has 1 amide bonds. The van der Waals surface area contributed by atoms with Gasteiger partial charge in [0.05, 0.1) is 7.11 Å². The molecule has 6 nitrogen and oxygen atoms in total. The first kappa shape index (κ1) is 19.2. The number of ether oxygens (including phenoxy) is 1. The smallest absolute Gasteiger partial charge is 0.257 e. The maximum atomic E-state index is 13.5. The van der Waals surface area contributed by atoms with Crippen molar-refractivity contribution in [2.75, 3.05) is 21.2 Å². The van der Waals surface area contributed by atoms with Gasteiger partial charge in [-0.15, -0.1) is 0 Å². The summed E-state index contributed by atoms with van der Waals surface area (Å²) in [5, 5.41) is 10.1. The minimum Gasteiger partial charge on any atom is -0.504 e. The fourth-order valence-electron chi connectivity index (χ4n) is 4.87. The van der Waals surface area contributed by atoms with Crippen LogP contribution in [-0.2, 0) is 4.79 Å². The number of phenolic OH excluding ortho intramolecular Hbond substituents is 1. The normalized spacial score (nSPS) is 20.2. The zero-order valence-electron chi connectivity index (χ0n) is 17.6. The number of carbonyl (C=O) groups is 2. The highest BCUT2D eigenvalue weighted by Gasteiger charge is 2.46. The van der Waals surface area contributed by atoms with Gasteiger partial charge in [-0.05, 0) is 28.8 Å². The first-order valence-corrected chi connectivity index (χ1v) is 10.0. The van der Waals surface area contributed by atoms with E-state index in [1.165, 1.54) is 18.1 Å². The van der Waals surface area contributed by atoms with E-state index in [1.807, 2.05) is 36.2 Å². The van der Waals surface area contributed by atoms with Crippen LogP contribution in [0.3, 0.4) is 0 Å². The van der Waals surface area contributed by atoms with Crippen molar-refractivity contribution in [1.82, 2.24) is 9.80 Å². The van der Waals surface area contributed by atoms with E-state index in [0.29, 0.717) is 34.7 Å². The number of hydrogen-bond donors (Lipinski definition) is 1. The number of carbonyl (C=O) groups excluding carboxylic acids is 2. The van der Waals surface area contributed by atoms with Crippen molar-refractivity contribution in [2.45, 2.75) is 12.3 Å². The Morgan fingerprint density at radius 3 is 2.45 bits per heavy atom. The Hall–Kier alpha value is -3.80. The molecule has 1 aliphatic heterocycles. The van der Waals surface area contributed by atoms with Gasteiger partial charge in [0, 0.05) is 48.8 Å². The van der Waals surface area contributed by atoms with Gasteiger partial charge >= 0.3 is 0 Å². The first-order valence-electron chi connectivity index (χ1n) is 10.0. The molecule has 0 saturated heterocycles. The van der Waals surface area contributed by atoms with Crippen molar-refractivity contribution in [3.05, 3.63) is 88.4 Å². The number of rotatable bonds is 2. The SMILES string of the molecule is C=C1N(C)C(=O)C2=C(CC3=C(C(=O)c4ccccc43)C2c2ccc(O)c(OC)c2)N1C. The topological polar surface area (TPSA) is 70.1 Å². The molecule has 0 radical (unpaired) electrons. The number of fused-ring (bicyclic) bond motifs is 2. The molecule has 156 valence electrons. The van der Waals surface area contributed by atoms with Crippen LogP contribution >= 0.6 is 0 Å². The molecule has 0 fully saturated rings. The highest BCUT2D eigenvalue weighted by atomic mass is 16.5. The summed E-state index contributed by atoms with van der Waals surface area (Å²) in [7, 11) is 5.06. The summed E-state index contributed by atoms with van der Waals surface area (Å²) in [4.78, 5) is 30.4. The summed E-state index contributed by atoms with van der Waals surface area (Å²) in [5.41, 5.74) is 5.25. The van der Waals surface area contributed by atoms with Crippen LogP contribution in [0.2, 0.25) is 0 Å². The minimum absolute atomic E-state index is 0.00378. The standard InChI is InChI=1S/C25H22N2O4/c1-13-26(2)18-12-17-15-7-5-6-8-16(15)24(29)22(17)21(23(18)25(30)27(13)3)14-9-10-19(28)20(11-14)31-4/h5-11,21,28H,1,12H2,2-4H3. The van der Waals surface area contributed by atoms with Gasteiger partial charge in [0.1, 0.15) is 5.82 Å². The number of hydrogen-bond acceptors (Lipinski definition) is 5. The molecule has 6 heteroatoms.